The molecule has 194 valence electrons. The van der Waals surface area contributed by atoms with Crippen molar-refractivity contribution in [3.63, 3.8) is 0 Å². The third kappa shape index (κ3) is 5.76. The monoisotopic (exact) mass is 525 g/mol. The van der Waals surface area contributed by atoms with Gasteiger partial charge in [0.25, 0.3) is 0 Å². The van der Waals surface area contributed by atoms with Crippen LogP contribution in [0.25, 0.3) is 27.9 Å². The van der Waals surface area contributed by atoms with Crippen molar-refractivity contribution < 1.29 is 9.15 Å². The number of piperidine rings is 1. The van der Waals surface area contributed by atoms with Crippen molar-refractivity contribution in [3.05, 3.63) is 85.0 Å². The standard InChI is InChI=1S/C30H31N5O2S/c1-4-17-34(18-5-1)19-7-21-36-25-14-12-24(13-15-25)29-33-32-28(37-29)22-38-30-31-16-20-35(30)27-11-6-9-23-8-2-3-10-26(23)27/h2-3,6,8-16,20H,1,4-5,7,17-19,21-22H2. The molecule has 0 amide bonds. The van der Waals surface area contributed by atoms with E-state index in [9.17, 15) is 0 Å². The molecule has 3 heterocycles. The van der Waals surface area contributed by atoms with Gasteiger partial charge < -0.3 is 14.1 Å². The van der Waals surface area contributed by atoms with Crippen molar-refractivity contribution in [1.82, 2.24) is 24.6 Å². The third-order valence-electron chi connectivity index (χ3n) is 6.86. The van der Waals surface area contributed by atoms with Gasteiger partial charge in [0, 0.05) is 29.9 Å². The van der Waals surface area contributed by atoms with E-state index in [0.717, 1.165) is 41.7 Å². The van der Waals surface area contributed by atoms with Crippen LogP contribution in [0.2, 0.25) is 0 Å². The van der Waals surface area contributed by atoms with Gasteiger partial charge in [-0.2, -0.15) is 0 Å². The van der Waals surface area contributed by atoms with E-state index in [1.807, 2.05) is 36.7 Å². The van der Waals surface area contributed by atoms with Gasteiger partial charge in [-0.3, -0.25) is 4.57 Å². The van der Waals surface area contributed by atoms with E-state index in [0.29, 0.717) is 17.5 Å². The second-order valence-electron chi connectivity index (χ2n) is 9.50. The molecule has 0 unspecified atom stereocenters. The minimum Gasteiger partial charge on any atom is -0.494 e. The highest BCUT2D eigenvalue weighted by Crippen LogP contribution is 2.29. The molecule has 1 aliphatic heterocycles. The minimum atomic E-state index is 0.509. The van der Waals surface area contributed by atoms with Crippen LogP contribution >= 0.6 is 11.8 Å². The molecule has 2 aromatic heterocycles. The first kappa shape index (κ1) is 24.7. The van der Waals surface area contributed by atoms with E-state index < -0.39 is 0 Å². The molecule has 7 nitrogen and oxygen atoms in total. The molecular weight excluding hydrogens is 494 g/mol. The Morgan fingerprint density at radius 2 is 1.74 bits per heavy atom. The van der Waals surface area contributed by atoms with Gasteiger partial charge in [-0.05, 0) is 68.1 Å². The van der Waals surface area contributed by atoms with Gasteiger partial charge in [0.2, 0.25) is 11.8 Å². The maximum Gasteiger partial charge on any atom is 0.247 e. The van der Waals surface area contributed by atoms with Crippen LogP contribution < -0.4 is 4.74 Å². The number of fused-ring (bicyclic) bond motifs is 1. The van der Waals surface area contributed by atoms with Crippen LogP contribution in [0, 0.1) is 0 Å². The Bertz CT molecular complexity index is 1470. The molecule has 1 saturated heterocycles. The number of nitrogens with zero attached hydrogens (tertiary/aromatic N) is 5. The quantitative estimate of drug-likeness (QED) is 0.150. The van der Waals surface area contributed by atoms with Crippen molar-refractivity contribution in [2.45, 2.75) is 36.6 Å². The Labute approximate surface area is 226 Å². The predicted octanol–water partition coefficient (Wildman–Crippen LogP) is 6.62. The first-order valence-corrected chi connectivity index (χ1v) is 14.2. The lowest BCUT2D eigenvalue weighted by molar-refractivity contribution is 0.205. The molecule has 0 radical (unpaired) electrons. The van der Waals surface area contributed by atoms with Gasteiger partial charge in [-0.1, -0.05) is 54.6 Å². The number of hydrogen-bond acceptors (Lipinski definition) is 7. The number of aromatic nitrogens is 4. The van der Waals surface area contributed by atoms with Gasteiger partial charge in [0.05, 0.1) is 18.0 Å². The zero-order chi connectivity index (χ0) is 25.6. The van der Waals surface area contributed by atoms with Crippen molar-refractivity contribution in [2.75, 3.05) is 26.2 Å². The molecule has 38 heavy (non-hydrogen) atoms. The zero-order valence-corrected chi connectivity index (χ0v) is 22.1. The van der Waals surface area contributed by atoms with E-state index in [2.05, 4.69) is 67.1 Å². The summed E-state index contributed by atoms with van der Waals surface area (Å²) in [4.78, 5) is 7.11. The summed E-state index contributed by atoms with van der Waals surface area (Å²) in [6.45, 7) is 4.30. The maximum atomic E-state index is 5.96. The fourth-order valence-electron chi connectivity index (χ4n) is 4.91. The molecular formula is C30H31N5O2S. The largest absolute Gasteiger partial charge is 0.494 e. The SMILES string of the molecule is c1ccc2c(-n3ccnc3SCc3nnc(-c4ccc(OCCCN5CCCCC5)cc4)o3)cccc2c1. The summed E-state index contributed by atoms with van der Waals surface area (Å²) < 4.78 is 14.0. The van der Waals surface area contributed by atoms with Crippen LogP contribution in [0.15, 0.2) is 88.7 Å². The number of thioether (sulfide) groups is 1. The van der Waals surface area contributed by atoms with E-state index in [1.54, 1.807) is 11.8 Å². The fraction of sp³-hybridized carbons (Fsp3) is 0.300. The van der Waals surface area contributed by atoms with E-state index in [4.69, 9.17) is 9.15 Å². The smallest absolute Gasteiger partial charge is 0.247 e. The first-order chi connectivity index (χ1) is 18.8. The fourth-order valence-corrected chi connectivity index (χ4v) is 5.71. The first-order valence-electron chi connectivity index (χ1n) is 13.3. The summed E-state index contributed by atoms with van der Waals surface area (Å²) in [5, 5.41) is 11.8. The Hall–Kier alpha value is -3.62. The molecule has 0 saturated carbocycles. The van der Waals surface area contributed by atoms with Crippen molar-refractivity contribution in [3.8, 4) is 22.9 Å². The Morgan fingerprint density at radius 3 is 2.63 bits per heavy atom. The van der Waals surface area contributed by atoms with Crippen molar-refractivity contribution in [2.24, 2.45) is 0 Å². The molecule has 0 spiro atoms. The summed E-state index contributed by atoms with van der Waals surface area (Å²) in [5.74, 6) is 2.47. The lowest BCUT2D eigenvalue weighted by Crippen LogP contribution is -2.31. The number of rotatable bonds is 10. The van der Waals surface area contributed by atoms with E-state index in [1.165, 1.54) is 43.1 Å². The number of hydrogen-bond donors (Lipinski definition) is 0. The lowest BCUT2D eigenvalue weighted by atomic mass is 10.1. The molecule has 8 heteroatoms. The van der Waals surface area contributed by atoms with E-state index >= 15 is 0 Å². The van der Waals surface area contributed by atoms with Gasteiger partial charge in [-0.25, -0.2) is 4.98 Å². The van der Waals surface area contributed by atoms with Crippen molar-refractivity contribution in [1.29, 1.82) is 0 Å². The average Bonchev–Trinajstić information content (AvgIpc) is 3.65. The Kier molecular flexibility index (Phi) is 7.69. The summed E-state index contributed by atoms with van der Waals surface area (Å²) in [6.07, 6.45) is 8.88. The topological polar surface area (TPSA) is 69.2 Å². The highest BCUT2D eigenvalue weighted by atomic mass is 32.2. The summed E-state index contributed by atoms with van der Waals surface area (Å²) in [6, 6.07) is 22.6. The van der Waals surface area contributed by atoms with Gasteiger partial charge >= 0.3 is 0 Å². The molecule has 6 rings (SSSR count). The molecule has 0 aliphatic carbocycles. The molecule has 0 N–H and O–H groups in total. The van der Waals surface area contributed by atoms with Gasteiger partial charge in [-0.15, -0.1) is 10.2 Å². The van der Waals surface area contributed by atoms with Crippen LogP contribution in [-0.4, -0.2) is 50.9 Å². The second kappa shape index (κ2) is 11.8. The molecule has 3 aromatic carbocycles. The Balaban J connectivity index is 1.04. The predicted molar refractivity (Wildman–Crippen MR) is 151 cm³/mol. The minimum absolute atomic E-state index is 0.509. The number of likely N-dealkylation sites (tertiary alicyclic amines) is 1. The average molecular weight is 526 g/mol. The summed E-state index contributed by atoms with van der Waals surface area (Å²) in [7, 11) is 0. The number of imidazole rings is 1. The summed E-state index contributed by atoms with van der Waals surface area (Å²) >= 11 is 1.57. The van der Waals surface area contributed by atoms with Crippen molar-refractivity contribution >= 4 is 22.5 Å². The van der Waals surface area contributed by atoms with Gasteiger partial charge in [0.1, 0.15) is 5.75 Å². The van der Waals surface area contributed by atoms with Crippen LogP contribution in [0.1, 0.15) is 31.6 Å². The molecule has 0 bridgehead atoms. The third-order valence-corrected chi connectivity index (χ3v) is 7.81. The number of benzene rings is 3. The summed E-state index contributed by atoms with van der Waals surface area (Å²) in [5.41, 5.74) is 1.98. The zero-order valence-electron chi connectivity index (χ0n) is 21.3. The molecule has 5 aromatic rings. The highest BCUT2D eigenvalue weighted by molar-refractivity contribution is 7.98. The lowest BCUT2D eigenvalue weighted by Gasteiger charge is -2.26. The van der Waals surface area contributed by atoms with Crippen LogP contribution in [0.5, 0.6) is 5.75 Å². The second-order valence-corrected chi connectivity index (χ2v) is 10.4. The van der Waals surface area contributed by atoms with Gasteiger partial charge in [0.15, 0.2) is 5.16 Å². The maximum absolute atomic E-state index is 5.96. The molecule has 0 atom stereocenters. The van der Waals surface area contributed by atoms with E-state index in [-0.39, 0.29) is 0 Å². The Morgan fingerprint density at radius 1 is 0.895 bits per heavy atom. The van der Waals surface area contributed by atoms with Crippen LogP contribution in [-0.2, 0) is 5.75 Å². The van der Waals surface area contributed by atoms with Crippen LogP contribution in [0.3, 0.4) is 0 Å². The molecule has 1 fully saturated rings. The highest BCUT2D eigenvalue weighted by Gasteiger charge is 2.14. The number of ether oxygens (including phenoxy) is 1. The van der Waals surface area contributed by atoms with Crippen LogP contribution in [0.4, 0.5) is 0 Å². The molecule has 1 aliphatic rings. The normalized spacial score (nSPS) is 14.2.